The smallest absolute Gasteiger partial charge is 0.307 e. The van der Waals surface area contributed by atoms with Gasteiger partial charge < -0.3 is 10.0 Å². The lowest BCUT2D eigenvalue weighted by Crippen LogP contribution is -2.44. The molecule has 1 saturated carbocycles. The quantitative estimate of drug-likeness (QED) is 0.850. The zero-order chi connectivity index (χ0) is 15.3. The minimum absolute atomic E-state index is 0.0266. The molecule has 0 radical (unpaired) electrons. The first kappa shape index (κ1) is 13.6. The second-order valence-electron chi connectivity index (χ2n) is 6.62. The molecule has 1 N–H and O–H groups in total. The summed E-state index contributed by atoms with van der Waals surface area (Å²) in [6.07, 6.45) is 5.71. The maximum atomic E-state index is 12.9. The molecule has 4 atom stereocenters. The van der Waals surface area contributed by atoms with Crippen molar-refractivity contribution in [3.63, 3.8) is 0 Å². The number of benzene rings is 1. The standard InChI is InChI=1S/C18H19NO3/c20-17(15-12-5-6-13(9-12)16(15)18(21)22)19-8-7-11-3-1-2-4-14(11)10-19/h1-6,12-13,15-16H,7-10H2,(H,21,22)/t12-,13+,15-,16+/m1/s1. The lowest BCUT2D eigenvalue weighted by Gasteiger charge is -2.34. The number of carbonyl (C=O) groups is 2. The summed E-state index contributed by atoms with van der Waals surface area (Å²) in [5.41, 5.74) is 2.49. The van der Waals surface area contributed by atoms with Crippen molar-refractivity contribution in [2.24, 2.45) is 23.7 Å². The molecule has 0 unspecified atom stereocenters. The zero-order valence-electron chi connectivity index (χ0n) is 12.3. The van der Waals surface area contributed by atoms with Crippen LogP contribution in [0, 0.1) is 23.7 Å². The van der Waals surface area contributed by atoms with Crippen molar-refractivity contribution in [3.8, 4) is 0 Å². The number of allylic oxidation sites excluding steroid dienone is 2. The number of nitrogens with zero attached hydrogens (tertiary/aromatic N) is 1. The van der Waals surface area contributed by atoms with E-state index in [1.54, 1.807) is 0 Å². The van der Waals surface area contributed by atoms with Gasteiger partial charge in [-0.05, 0) is 35.8 Å². The van der Waals surface area contributed by atoms with Crippen molar-refractivity contribution in [2.75, 3.05) is 6.54 Å². The van der Waals surface area contributed by atoms with Crippen molar-refractivity contribution in [3.05, 3.63) is 47.5 Å². The molecule has 0 saturated heterocycles. The Morgan fingerprint density at radius 2 is 1.73 bits per heavy atom. The lowest BCUT2D eigenvalue weighted by molar-refractivity contribution is -0.151. The van der Waals surface area contributed by atoms with Crippen LogP contribution in [0.1, 0.15) is 17.5 Å². The molecule has 1 fully saturated rings. The number of hydrogen-bond donors (Lipinski definition) is 1. The van der Waals surface area contributed by atoms with Crippen molar-refractivity contribution in [1.82, 2.24) is 4.90 Å². The summed E-state index contributed by atoms with van der Waals surface area (Å²) < 4.78 is 0. The zero-order valence-corrected chi connectivity index (χ0v) is 12.3. The number of rotatable bonds is 2. The van der Waals surface area contributed by atoms with Gasteiger partial charge in [-0.2, -0.15) is 0 Å². The average Bonchev–Trinajstić information content (AvgIpc) is 3.14. The molecule has 2 bridgehead atoms. The minimum atomic E-state index is -0.826. The van der Waals surface area contributed by atoms with Crippen LogP contribution in [0.3, 0.4) is 0 Å². The molecule has 3 aliphatic rings. The second-order valence-corrected chi connectivity index (χ2v) is 6.62. The van der Waals surface area contributed by atoms with E-state index in [-0.39, 0.29) is 23.7 Å². The van der Waals surface area contributed by atoms with Crippen molar-refractivity contribution in [2.45, 2.75) is 19.4 Å². The van der Waals surface area contributed by atoms with E-state index in [1.165, 1.54) is 11.1 Å². The van der Waals surface area contributed by atoms with Crippen LogP contribution >= 0.6 is 0 Å². The maximum absolute atomic E-state index is 12.9. The van der Waals surface area contributed by atoms with E-state index < -0.39 is 11.9 Å². The number of fused-ring (bicyclic) bond motifs is 3. The monoisotopic (exact) mass is 297 g/mol. The molecule has 1 aromatic carbocycles. The summed E-state index contributed by atoms with van der Waals surface area (Å²) in [4.78, 5) is 26.4. The van der Waals surface area contributed by atoms with Crippen LogP contribution in [-0.2, 0) is 22.6 Å². The van der Waals surface area contributed by atoms with E-state index in [4.69, 9.17) is 0 Å². The Hall–Kier alpha value is -2.10. The topological polar surface area (TPSA) is 57.6 Å². The number of amides is 1. The van der Waals surface area contributed by atoms with Crippen LogP contribution in [0.2, 0.25) is 0 Å². The number of aliphatic carboxylic acids is 1. The van der Waals surface area contributed by atoms with E-state index >= 15 is 0 Å². The third-order valence-corrected chi connectivity index (χ3v) is 5.47. The first-order chi connectivity index (χ1) is 10.6. The van der Waals surface area contributed by atoms with Gasteiger partial charge in [0.25, 0.3) is 0 Å². The number of carbonyl (C=O) groups excluding carboxylic acids is 1. The summed E-state index contributed by atoms with van der Waals surface area (Å²) in [6.45, 7) is 1.30. The van der Waals surface area contributed by atoms with Crippen molar-refractivity contribution >= 4 is 11.9 Å². The average molecular weight is 297 g/mol. The number of hydrogen-bond acceptors (Lipinski definition) is 2. The molecule has 0 aromatic heterocycles. The Labute approximate surface area is 129 Å². The Balaban J connectivity index is 1.58. The van der Waals surface area contributed by atoms with Crippen LogP contribution in [0.4, 0.5) is 0 Å². The fourth-order valence-corrected chi connectivity index (χ4v) is 4.39. The van der Waals surface area contributed by atoms with E-state index in [0.717, 1.165) is 12.8 Å². The molecular formula is C18H19NO3. The highest BCUT2D eigenvalue weighted by molar-refractivity contribution is 5.87. The third-order valence-electron chi connectivity index (χ3n) is 5.47. The molecule has 2 aliphatic carbocycles. The molecule has 1 heterocycles. The summed E-state index contributed by atoms with van der Waals surface area (Å²) in [5.74, 6) is -1.58. The molecule has 4 heteroatoms. The molecule has 4 rings (SSSR count). The van der Waals surface area contributed by atoms with Gasteiger partial charge in [0, 0.05) is 13.1 Å². The van der Waals surface area contributed by atoms with Crippen LogP contribution < -0.4 is 0 Å². The fraction of sp³-hybridized carbons (Fsp3) is 0.444. The predicted octanol–water partition coefficient (Wildman–Crippen LogP) is 2.09. The Kier molecular flexibility index (Phi) is 3.06. The van der Waals surface area contributed by atoms with Gasteiger partial charge >= 0.3 is 5.97 Å². The largest absolute Gasteiger partial charge is 0.481 e. The normalized spacial score (nSPS) is 32.1. The molecule has 1 amide bonds. The van der Waals surface area contributed by atoms with Gasteiger partial charge in [0.2, 0.25) is 5.91 Å². The van der Waals surface area contributed by atoms with Gasteiger partial charge in [-0.3, -0.25) is 9.59 Å². The van der Waals surface area contributed by atoms with Gasteiger partial charge in [0.15, 0.2) is 0 Å². The predicted molar refractivity (Wildman–Crippen MR) is 80.9 cm³/mol. The molecule has 22 heavy (non-hydrogen) atoms. The van der Waals surface area contributed by atoms with Gasteiger partial charge in [-0.25, -0.2) is 0 Å². The molecular weight excluding hydrogens is 278 g/mol. The summed E-state index contributed by atoms with van der Waals surface area (Å²) in [7, 11) is 0. The van der Waals surface area contributed by atoms with E-state index in [2.05, 4.69) is 12.1 Å². The van der Waals surface area contributed by atoms with Gasteiger partial charge in [-0.1, -0.05) is 36.4 Å². The van der Waals surface area contributed by atoms with E-state index in [0.29, 0.717) is 13.1 Å². The maximum Gasteiger partial charge on any atom is 0.307 e. The molecule has 0 spiro atoms. The Morgan fingerprint density at radius 1 is 1.05 bits per heavy atom. The van der Waals surface area contributed by atoms with Crippen LogP contribution in [0.15, 0.2) is 36.4 Å². The van der Waals surface area contributed by atoms with E-state index in [9.17, 15) is 14.7 Å². The summed E-state index contributed by atoms with van der Waals surface area (Å²) >= 11 is 0. The van der Waals surface area contributed by atoms with Gasteiger partial charge in [0.1, 0.15) is 0 Å². The first-order valence-corrected chi connectivity index (χ1v) is 7.92. The highest BCUT2D eigenvalue weighted by atomic mass is 16.4. The third kappa shape index (κ3) is 1.97. The number of carboxylic acid groups (broad SMARTS) is 1. The highest BCUT2D eigenvalue weighted by Crippen LogP contribution is 2.49. The molecule has 4 nitrogen and oxygen atoms in total. The Morgan fingerprint density at radius 3 is 2.45 bits per heavy atom. The highest BCUT2D eigenvalue weighted by Gasteiger charge is 2.52. The fourth-order valence-electron chi connectivity index (χ4n) is 4.39. The van der Waals surface area contributed by atoms with Gasteiger partial charge in [-0.15, -0.1) is 0 Å². The van der Waals surface area contributed by atoms with Crippen molar-refractivity contribution < 1.29 is 14.7 Å². The van der Waals surface area contributed by atoms with Crippen LogP contribution in [0.5, 0.6) is 0 Å². The van der Waals surface area contributed by atoms with Crippen LogP contribution in [0.25, 0.3) is 0 Å². The Bertz CT molecular complexity index is 666. The second kappa shape index (κ2) is 4.97. The first-order valence-electron chi connectivity index (χ1n) is 7.92. The molecule has 114 valence electrons. The summed E-state index contributed by atoms with van der Waals surface area (Å²) in [6, 6.07) is 8.19. The van der Waals surface area contributed by atoms with Crippen LogP contribution in [-0.4, -0.2) is 28.4 Å². The van der Waals surface area contributed by atoms with Crippen molar-refractivity contribution in [1.29, 1.82) is 0 Å². The molecule has 1 aliphatic heterocycles. The summed E-state index contributed by atoms with van der Waals surface area (Å²) in [5, 5.41) is 9.51. The molecule has 1 aromatic rings. The van der Waals surface area contributed by atoms with Gasteiger partial charge in [0.05, 0.1) is 11.8 Å². The number of carboxylic acids is 1. The van der Waals surface area contributed by atoms with E-state index in [1.807, 2.05) is 29.2 Å². The SMILES string of the molecule is O=C(O)[C@@H]1[C@H](C(=O)N2CCc3ccccc3C2)[C@@H]2C=C[C@H]1C2. The lowest BCUT2D eigenvalue weighted by atomic mass is 9.81. The minimum Gasteiger partial charge on any atom is -0.481 e.